The second-order valence-corrected chi connectivity index (χ2v) is 11.5. The van der Waals surface area contributed by atoms with Crippen LogP contribution in [-0.4, -0.2) is 42.9 Å². The average molecular weight is 515 g/mol. The summed E-state index contributed by atoms with van der Waals surface area (Å²) in [5.74, 6) is -0.662. The number of likely N-dealkylation sites (tertiary alicyclic amines) is 1. The number of rotatable bonds is 8. The minimum Gasteiger partial charge on any atom is -0.461 e. The molecule has 4 rings (SSSR count). The Kier molecular flexibility index (Phi) is 8.57. The summed E-state index contributed by atoms with van der Waals surface area (Å²) in [7, 11) is 2.08. The molecule has 3 aliphatic rings. The van der Waals surface area contributed by atoms with Gasteiger partial charge in [-0.05, 0) is 68.3 Å². The lowest BCUT2D eigenvalue weighted by atomic mass is 9.68. The van der Waals surface area contributed by atoms with E-state index in [4.69, 9.17) is 4.74 Å². The number of nitrogens with zero attached hydrogens (tertiary/aromatic N) is 1. The molecule has 1 N–H and O–H groups in total. The van der Waals surface area contributed by atoms with Gasteiger partial charge in [-0.3, -0.25) is 4.79 Å². The highest BCUT2D eigenvalue weighted by Gasteiger charge is 2.43. The fourth-order valence-electron chi connectivity index (χ4n) is 6.06. The van der Waals surface area contributed by atoms with Gasteiger partial charge in [-0.25, -0.2) is 4.79 Å². The smallest absolute Gasteiger partial charge is 0.336 e. The van der Waals surface area contributed by atoms with Gasteiger partial charge in [-0.2, -0.15) is 0 Å². The number of ketones is 1. The van der Waals surface area contributed by atoms with Gasteiger partial charge < -0.3 is 15.0 Å². The first-order valence-corrected chi connectivity index (χ1v) is 13.9. The maximum absolute atomic E-state index is 13.8. The molecule has 5 heteroatoms. The van der Waals surface area contributed by atoms with E-state index < -0.39 is 5.92 Å². The Hall–Kier alpha value is -3.18. The van der Waals surface area contributed by atoms with Crippen molar-refractivity contribution in [3.63, 3.8) is 0 Å². The summed E-state index contributed by atoms with van der Waals surface area (Å²) in [6, 6.07) is 8.47. The van der Waals surface area contributed by atoms with Crippen LogP contribution in [0.5, 0.6) is 0 Å². The highest BCUT2D eigenvalue weighted by molar-refractivity contribution is 6.04. The Morgan fingerprint density at radius 3 is 2.58 bits per heavy atom. The van der Waals surface area contributed by atoms with Gasteiger partial charge in [0.2, 0.25) is 0 Å². The van der Waals surface area contributed by atoms with E-state index >= 15 is 0 Å². The van der Waals surface area contributed by atoms with Crippen LogP contribution in [0.4, 0.5) is 0 Å². The summed E-state index contributed by atoms with van der Waals surface area (Å²) in [6.07, 6.45) is 11.8. The Morgan fingerprint density at radius 1 is 1.24 bits per heavy atom. The zero-order valence-corrected chi connectivity index (χ0v) is 23.6. The van der Waals surface area contributed by atoms with Gasteiger partial charge in [0, 0.05) is 35.3 Å². The zero-order chi connectivity index (χ0) is 27.4. The maximum atomic E-state index is 13.8. The number of hydrogen-bond donors (Lipinski definition) is 1. The second-order valence-electron chi connectivity index (χ2n) is 11.5. The number of Topliss-reactive ketones (excluding diaryl/α,β-unsaturated/α-hetero) is 1. The molecule has 0 saturated carbocycles. The van der Waals surface area contributed by atoms with E-state index in [0.29, 0.717) is 25.0 Å². The SMILES string of the molecule is C=C/C=C(\C=C/C)c1ccc(C2C3=C(CC(C)(C)CC3=O)NC(CC)=C2C(=O)OCC2CCCN2C)cc1. The molecule has 0 bridgehead atoms. The van der Waals surface area contributed by atoms with Crippen LogP contribution >= 0.6 is 0 Å². The fraction of sp³-hybridized carbons (Fsp3) is 0.455. The fourth-order valence-corrected chi connectivity index (χ4v) is 6.06. The van der Waals surface area contributed by atoms with Crippen molar-refractivity contribution in [1.29, 1.82) is 0 Å². The third-order valence-corrected chi connectivity index (χ3v) is 8.00. The summed E-state index contributed by atoms with van der Waals surface area (Å²) in [5, 5.41) is 3.52. The second kappa shape index (κ2) is 11.7. The molecule has 0 spiro atoms. The van der Waals surface area contributed by atoms with Gasteiger partial charge in [0.15, 0.2) is 5.78 Å². The molecule has 5 nitrogen and oxygen atoms in total. The van der Waals surface area contributed by atoms with Gasteiger partial charge in [0.25, 0.3) is 0 Å². The van der Waals surface area contributed by atoms with Crippen molar-refractivity contribution in [3.8, 4) is 0 Å². The van der Waals surface area contributed by atoms with Crippen LogP contribution in [0.25, 0.3) is 5.57 Å². The number of allylic oxidation sites excluding steroid dienone is 8. The first-order valence-electron chi connectivity index (χ1n) is 13.9. The number of nitrogens with one attached hydrogen (secondary N) is 1. The summed E-state index contributed by atoms with van der Waals surface area (Å²) in [4.78, 5) is 29.7. The van der Waals surface area contributed by atoms with Crippen molar-refractivity contribution >= 4 is 17.3 Å². The molecule has 2 aliphatic heterocycles. The summed E-state index contributed by atoms with van der Waals surface area (Å²) in [5.41, 5.74) is 6.01. The van der Waals surface area contributed by atoms with Gasteiger partial charge in [0.1, 0.15) is 6.61 Å². The van der Waals surface area contributed by atoms with Crippen molar-refractivity contribution in [2.24, 2.45) is 5.41 Å². The third kappa shape index (κ3) is 5.78. The number of hydrogen-bond acceptors (Lipinski definition) is 5. The molecule has 2 unspecified atom stereocenters. The number of benzene rings is 1. The first kappa shape index (κ1) is 27.8. The molecular weight excluding hydrogens is 472 g/mol. The lowest BCUT2D eigenvalue weighted by Crippen LogP contribution is -2.39. The van der Waals surface area contributed by atoms with Gasteiger partial charge in [-0.15, -0.1) is 0 Å². The van der Waals surface area contributed by atoms with Crippen molar-refractivity contribution in [2.45, 2.75) is 71.8 Å². The van der Waals surface area contributed by atoms with E-state index in [1.807, 2.05) is 32.1 Å². The molecule has 2 atom stereocenters. The number of ether oxygens (including phenoxy) is 1. The first-order chi connectivity index (χ1) is 18.2. The Labute approximate surface area is 228 Å². The van der Waals surface area contributed by atoms with E-state index in [-0.39, 0.29) is 23.2 Å². The summed E-state index contributed by atoms with van der Waals surface area (Å²) < 4.78 is 5.96. The largest absolute Gasteiger partial charge is 0.461 e. The minimum absolute atomic E-state index is 0.106. The molecular formula is C33H42N2O3. The number of likely N-dealkylation sites (N-methyl/N-ethyl adjacent to an activating group) is 1. The van der Waals surface area contributed by atoms with Crippen LogP contribution in [0.3, 0.4) is 0 Å². The number of carbonyl (C=O) groups excluding carboxylic acids is 2. The Morgan fingerprint density at radius 2 is 1.97 bits per heavy atom. The molecule has 38 heavy (non-hydrogen) atoms. The van der Waals surface area contributed by atoms with Crippen molar-refractivity contribution < 1.29 is 14.3 Å². The van der Waals surface area contributed by atoms with E-state index in [1.54, 1.807) is 6.08 Å². The number of esters is 1. The average Bonchev–Trinajstić information content (AvgIpc) is 3.29. The summed E-state index contributed by atoms with van der Waals surface area (Å²) in [6.45, 7) is 13.5. The van der Waals surface area contributed by atoms with Crippen LogP contribution < -0.4 is 5.32 Å². The minimum atomic E-state index is -0.443. The highest BCUT2D eigenvalue weighted by atomic mass is 16.5. The topological polar surface area (TPSA) is 58.6 Å². The lowest BCUT2D eigenvalue weighted by Gasteiger charge is -2.40. The van der Waals surface area contributed by atoms with Gasteiger partial charge >= 0.3 is 5.97 Å². The standard InChI is InChI=1S/C33H42N2O3/c1-7-11-22(12-8-2)23-14-16-24(17-15-23)29-30-27(19-33(4,5)20-28(30)36)34-26(9-3)31(29)32(37)38-21-25-13-10-18-35(25)6/h7-8,11-12,14-17,25,29,34H,1,9-10,13,18-21H2,2-6H3/b12-8-,22-11+. The third-order valence-electron chi connectivity index (χ3n) is 8.00. The predicted molar refractivity (Wildman–Crippen MR) is 154 cm³/mol. The molecule has 0 amide bonds. The molecule has 1 saturated heterocycles. The van der Waals surface area contributed by atoms with Crippen LogP contribution in [0.15, 0.2) is 77.7 Å². The normalized spacial score (nSPS) is 24.0. The zero-order valence-electron chi connectivity index (χ0n) is 23.6. The van der Waals surface area contributed by atoms with E-state index in [2.05, 4.69) is 62.0 Å². The van der Waals surface area contributed by atoms with Crippen LogP contribution in [0, 0.1) is 5.41 Å². The van der Waals surface area contributed by atoms with E-state index in [9.17, 15) is 9.59 Å². The van der Waals surface area contributed by atoms with E-state index in [1.165, 1.54) is 0 Å². The molecule has 0 aromatic heterocycles. The quantitative estimate of drug-likeness (QED) is 0.319. The van der Waals surface area contributed by atoms with Crippen molar-refractivity contribution in [3.05, 3.63) is 88.8 Å². The Balaban J connectivity index is 1.76. The molecule has 202 valence electrons. The monoisotopic (exact) mass is 514 g/mol. The van der Waals surface area contributed by atoms with E-state index in [0.717, 1.165) is 59.5 Å². The Bertz CT molecular complexity index is 1210. The molecule has 2 heterocycles. The van der Waals surface area contributed by atoms with Crippen LogP contribution in [-0.2, 0) is 14.3 Å². The molecule has 0 radical (unpaired) electrons. The van der Waals surface area contributed by atoms with Crippen LogP contribution in [0.2, 0.25) is 0 Å². The number of carbonyl (C=O) groups is 2. The maximum Gasteiger partial charge on any atom is 0.336 e. The molecule has 1 aromatic carbocycles. The molecule has 1 fully saturated rings. The molecule has 1 aliphatic carbocycles. The van der Waals surface area contributed by atoms with Gasteiger partial charge in [0.05, 0.1) is 5.57 Å². The number of dihydropyridines is 1. The summed E-state index contributed by atoms with van der Waals surface area (Å²) >= 11 is 0. The molecule has 1 aromatic rings. The van der Waals surface area contributed by atoms with Crippen LogP contribution in [0.1, 0.15) is 76.8 Å². The highest BCUT2D eigenvalue weighted by Crippen LogP contribution is 2.47. The van der Waals surface area contributed by atoms with Gasteiger partial charge in [-0.1, -0.05) is 75.9 Å². The van der Waals surface area contributed by atoms with Crippen molar-refractivity contribution in [1.82, 2.24) is 10.2 Å². The predicted octanol–water partition coefficient (Wildman–Crippen LogP) is 6.46. The van der Waals surface area contributed by atoms with Crippen molar-refractivity contribution in [2.75, 3.05) is 20.2 Å². The lowest BCUT2D eigenvalue weighted by molar-refractivity contribution is -0.140.